The Kier molecular flexibility index (Phi) is 11.6. The van der Waals surface area contributed by atoms with E-state index in [1.54, 1.807) is 6.20 Å². The first-order chi connectivity index (χ1) is 17.0. The fourth-order valence-corrected chi connectivity index (χ4v) is 3.42. The van der Waals surface area contributed by atoms with Crippen molar-refractivity contribution in [3.05, 3.63) is 35.7 Å². The van der Waals surface area contributed by atoms with Crippen LogP contribution in [-0.2, 0) is 36.6 Å². The maximum absolute atomic E-state index is 10.6. The van der Waals surface area contributed by atoms with Gasteiger partial charge < -0.3 is 19.9 Å². The van der Waals surface area contributed by atoms with Crippen molar-refractivity contribution in [1.29, 1.82) is 0 Å². The number of rotatable bonds is 5. The van der Waals surface area contributed by atoms with Crippen LogP contribution in [0.2, 0.25) is 0 Å². The molecule has 1 saturated heterocycles. The van der Waals surface area contributed by atoms with Crippen LogP contribution in [0.5, 0.6) is 0 Å². The second-order valence-corrected chi connectivity index (χ2v) is 8.16. The largest absolute Gasteiger partial charge is 0.490 e. The molecule has 1 aliphatic heterocycles. The minimum Gasteiger partial charge on any atom is -0.475 e. The quantitative estimate of drug-likeness (QED) is 0.489. The summed E-state index contributed by atoms with van der Waals surface area (Å²) in [5.74, 6) is -4.44. The van der Waals surface area contributed by atoms with E-state index in [-0.39, 0.29) is 0 Å². The molecule has 0 spiro atoms. The lowest BCUT2D eigenvalue weighted by Crippen LogP contribution is -2.36. The highest BCUT2D eigenvalue weighted by Crippen LogP contribution is 2.30. The van der Waals surface area contributed by atoms with Crippen LogP contribution >= 0.6 is 0 Å². The molecule has 210 valence electrons. The van der Waals surface area contributed by atoms with Crippen molar-refractivity contribution in [2.45, 2.75) is 51.2 Å². The Morgan fingerprint density at radius 1 is 1.05 bits per heavy atom. The Hall–Kier alpha value is -3.14. The van der Waals surface area contributed by atoms with Gasteiger partial charge in [0.2, 0.25) is 0 Å². The number of nitrogens with zero attached hydrogens (tertiary/aromatic N) is 5. The van der Waals surface area contributed by atoms with Gasteiger partial charge in [0.15, 0.2) is 0 Å². The van der Waals surface area contributed by atoms with Crippen LogP contribution in [0.25, 0.3) is 0 Å². The van der Waals surface area contributed by atoms with Crippen LogP contribution in [-0.4, -0.2) is 76.9 Å². The summed E-state index contributed by atoms with van der Waals surface area (Å²) in [6, 6.07) is 2.20. The number of halogens is 6. The van der Waals surface area contributed by atoms with Gasteiger partial charge in [0.05, 0.1) is 11.4 Å². The van der Waals surface area contributed by atoms with Gasteiger partial charge in [-0.25, -0.2) is 14.6 Å². The second-order valence-electron chi connectivity index (χ2n) is 8.16. The van der Waals surface area contributed by atoms with Gasteiger partial charge in [0, 0.05) is 33.0 Å². The number of carboxylic acid groups (broad SMARTS) is 2. The van der Waals surface area contributed by atoms with Gasteiger partial charge in [0.1, 0.15) is 11.9 Å². The highest BCUT2D eigenvalue weighted by Gasteiger charge is 2.38. The van der Waals surface area contributed by atoms with E-state index in [2.05, 4.69) is 28.0 Å². The minimum atomic E-state index is -5.08. The number of hydrogen-bond donors (Lipinski definition) is 3. The fourth-order valence-electron chi connectivity index (χ4n) is 3.42. The summed E-state index contributed by atoms with van der Waals surface area (Å²) in [6.45, 7) is 5.10. The van der Waals surface area contributed by atoms with Gasteiger partial charge in [0.25, 0.3) is 0 Å². The Balaban J connectivity index is 0.000000404. The van der Waals surface area contributed by atoms with Crippen LogP contribution in [0, 0.1) is 5.92 Å². The third-order valence-electron chi connectivity index (χ3n) is 5.46. The minimum absolute atomic E-state index is 0.296. The van der Waals surface area contributed by atoms with E-state index in [1.165, 1.54) is 5.69 Å². The number of hydrogen-bond acceptors (Lipinski definition) is 6. The highest BCUT2D eigenvalue weighted by molar-refractivity contribution is 5.73. The molecule has 1 atom stereocenters. The molecule has 0 aromatic carbocycles. The van der Waals surface area contributed by atoms with E-state index in [1.807, 2.05) is 29.5 Å². The standard InChI is InChI=1S/C17H27N5O.2C2HF3O2/c1-4-14-11-15(21(3)19-14)12-22-8-5-13(6-9-22)16(23)17-18-7-10-20(17)2;2*3-2(4,5)1(6)7/h7,10-11,13,16,23H,4-6,8-9,12H2,1-3H3;2*(H,6,7). The number of alkyl halides is 6. The number of aliphatic hydroxyl groups excluding tert-OH is 1. The van der Waals surface area contributed by atoms with Gasteiger partial charge in [-0.05, 0) is 44.3 Å². The van der Waals surface area contributed by atoms with Gasteiger partial charge >= 0.3 is 24.3 Å². The molecule has 0 radical (unpaired) electrons. The monoisotopic (exact) mass is 545 g/mol. The number of aliphatic hydroxyl groups is 1. The zero-order chi connectivity index (χ0) is 28.6. The van der Waals surface area contributed by atoms with Crippen LogP contribution < -0.4 is 0 Å². The predicted molar refractivity (Wildman–Crippen MR) is 116 cm³/mol. The van der Waals surface area contributed by atoms with Crippen molar-refractivity contribution in [1.82, 2.24) is 24.2 Å². The average Bonchev–Trinajstić information content (AvgIpc) is 3.38. The fraction of sp³-hybridized carbons (Fsp3) is 0.619. The van der Waals surface area contributed by atoms with Crippen molar-refractivity contribution in [2.24, 2.45) is 20.0 Å². The first kappa shape index (κ1) is 31.9. The number of likely N-dealkylation sites (tertiary alicyclic amines) is 1. The molecule has 10 nitrogen and oxygen atoms in total. The lowest BCUT2D eigenvalue weighted by Gasteiger charge is -2.33. The average molecular weight is 545 g/mol. The van der Waals surface area contributed by atoms with E-state index in [0.717, 1.165) is 50.4 Å². The third-order valence-corrected chi connectivity index (χ3v) is 5.46. The molecule has 0 amide bonds. The summed E-state index contributed by atoms with van der Waals surface area (Å²) in [4.78, 5) is 24.5. The van der Waals surface area contributed by atoms with E-state index in [0.29, 0.717) is 5.92 Å². The van der Waals surface area contributed by atoms with Crippen LogP contribution in [0.1, 0.15) is 43.1 Å². The van der Waals surface area contributed by atoms with Gasteiger partial charge in [-0.15, -0.1) is 0 Å². The molecular weight excluding hydrogens is 516 g/mol. The molecule has 2 aromatic heterocycles. The smallest absolute Gasteiger partial charge is 0.475 e. The molecule has 2 aromatic rings. The molecule has 0 bridgehead atoms. The van der Waals surface area contributed by atoms with Gasteiger partial charge in [-0.3, -0.25) is 9.58 Å². The third kappa shape index (κ3) is 10.4. The Morgan fingerprint density at radius 3 is 1.89 bits per heavy atom. The maximum atomic E-state index is 10.6. The topological polar surface area (TPSA) is 134 Å². The van der Waals surface area contributed by atoms with E-state index in [9.17, 15) is 31.4 Å². The SMILES string of the molecule is CCc1cc(CN2CCC(C(O)c3nccn3C)CC2)n(C)n1.O=C(O)C(F)(F)F.O=C(O)C(F)(F)F. The van der Waals surface area contributed by atoms with E-state index < -0.39 is 30.4 Å². The molecule has 3 heterocycles. The number of carboxylic acids is 2. The van der Waals surface area contributed by atoms with E-state index >= 15 is 0 Å². The lowest BCUT2D eigenvalue weighted by molar-refractivity contribution is -0.193. The molecule has 37 heavy (non-hydrogen) atoms. The summed E-state index contributed by atoms with van der Waals surface area (Å²) in [6.07, 6.45) is -3.99. The zero-order valence-electron chi connectivity index (χ0n) is 20.3. The Bertz CT molecular complexity index is 988. The molecular formula is C21H29F6N5O5. The summed E-state index contributed by atoms with van der Waals surface area (Å²) in [5.41, 5.74) is 2.42. The number of piperidine rings is 1. The van der Waals surface area contributed by atoms with Crippen LogP contribution in [0.4, 0.5) is 26.3 Å². The number of imidazole rings is 1. The highest BCUT2D eigenvalue weighted by atomic mass is 19.4. The number of aliphatic carboxylic acids is 2. The summed E-state index contributed by atoms with van der Waals surface area (Å²) >= 11 is 0. The van der Waals surface area contributed by atoms with E-state index in [4.69, 9.17) is 19.8 Å². The lowest BCUT2D eigenvalue weighted by atomic mass is 9.90. The first-order valence-electron chi connectivity index (χ1n) is 11.0. The van der Waals surface area contributed by atoms with Crippen molar-refractivity contribution in [3.63, 3.8) is 0 Å². The molecule has 3 rings (SSSR count). The normalized spacial score (nSPS) is 15.7. The summed E-state index contributed by atoms with van der Waals surface area (Å²) in [5, 5.41) is 29.3. The van der Waals surface area contributed by atoms with Crippen molar-refractivity contribution >= 4 is 11.9 Å². The number of aryl methyl sites for hydroxylation is 3. The van der Waals surface area contributed by atoms with Crippen LogP contribution in [0.3, 0.4) is 0 Å². The summed E-state index contributed by atoms with van der Waals surface area (Å²) in [7, 11) is 3.96. The Morgan fingerprint density at radius 2 is 1.54 bits per heavy atom. The van der Waals surface area contributed by atoms with Crippen LogP contribution in [0.15, 0.2) is 18.5 Å². The molecule has 0 aliphatic carbocycles. The molecule has 1 unspecified atom stereocenters. The van der Waals surface area contributed by atoms with Gasteiger partial charge in [-0.1, -0.05) is 6.92 Å². The molecule has 1 aliphatic rings. The van der Waals surface area contributed by atoms with Crippen molar-refractivity contribution < 1.29 is 51.3 Å². The zero-order valence-corrected chi connectivity index (χ0v) is 20.3. The van der Waals surface area contributed by atoms with Crippen molar-refractivity contribution in [3.8, 4) is 0 Å². The molecule has 1 fully saturated rings. The van der Waals surface area contributed by atoms with Gasteiger partial charge in [-0.2, -0.15) is 31.4 Å². The Labute approximate surface area is 208 Å². The number of carbonyl (C=O) groups is 2. The maximum Gasteiger partial charge on any atom is 0.490 e. The first-order valence-corrected chi connectivity index (χ1v) is 11.0. The molecule has 0 saturated carbocycles. The molecule has 16 heteroatoms. The number of aromatic nitrogens is 4. The summed E-state index contributed by atoms with van der Waals surface area (Å²) < 4.78 is 67.4. The van der Waals surface area contributed by atoms with Crippen molar-refractivity contribution in [2.75, 3.05) is 13.1 Å². The second kappa shape index (κ2) is 13.4. The molecule has 3 N–H and O–H groups in total. The predicted octanol–water partition coefficient (Wildman–Crippen LogP) is 2.93.